The van der Waals surface area contributed by atoms with Crippen LogP contribution in [0.3, 0.4) is 0 Å². The molecule has 0 aliphatic rings. The molecular weight excluding hydrogens is 206 g/mol. The zero-order chi connectivity index (χ0) is 11.4. The molecule has 2 atom stereocenters. The second-order valence-corrected chi connectivity index (χ2v) is 5.51. The van der Waals surface area contributed by atoms with Gasteiger partial charge in [-0.2, -0.15) is 0 Å². The SMILES string of the molecule is CC(O)c1cccnc1SC(C)C(C)C. The Morgan fingerprint density at radius 1 is 1.27 bits per heavy atom. The molecule has 0 bridgehead atoms. The van der Waals surface area contributed by atoms with E-state index in [-0.39, 0.29) is 0 Å². The quantitative estimate of drug-likeness (QED) is 0.798. The second kappa shape index (κ2) is 5.52. The first-order chi connectivity index (χ1) is 7.02. The van der Waals surface area contributed by atoms with Gasteiger partial charge in [0.15, 0.2) is 0 Å². The minimum atomic E-state index is -0.444. The highest BCUT2D eigenvalue weighted by atomic mass is 32.2. The Kier molecular flexibility index (Phi) is 4.61. The predicted molar refractivity (Wildman–Crippen MR) is 65.0 cm³/mol. The van der Waals surface area contributed by atoms with E-state index in [9.17, 15) is 5.11 Å². The van der Waals surface area contributed by atoms with Crippen molar-refractivity contribution in [3.05, 3.63) is 23.9 Å². The lowest BCUT2D eigenvalue weighted by Gasteiger charge is -2.17. The molecule has 0 saturated carbocycles. The number of hydrogen-bond acceptors (Lipinski definition) is 3. The highest BCUT2D eigenvalue weighted by molar-refractivity contribution is 7.99. The summed E-state index contributed by atoms with van der Waals surface area (Å²) in [7, 11) is 0. The van der Waals surface area contributed by atoms with Crippen LogP contribution in [0.2, 0.25) is 0 Å². The summed E-state index contributed by atoms with van der Waals surface area (Å²) in [6, 6.07) is 3.80. The molecular formula is C12H19NOS. The maximum absolute atomic E-state index is 9.60. The first kappa shape index (κ1) is 12.5. The molecule has 2 unspecified atom stereocenters. The molecule has 0 spiro atoms. The summed E-state index contributed by atoms with van der Waals surface area (Å²) in [5.41, 5.74) is 0.926. The molecule has 0 aliphatic heterocycles. The van der Waals surface area contributed by atoms with Crippen LogP contribution < -0.4 is 0 Å². The van der Waals surface area contributed by atoms with Gasteiger partial charge < -0.3 is 5.11 Å². The zero-order valence-electron chi connectivity index (χ0n) is 9.77. The molecule has 0 saturated heterocycles. The molecule has 0 aliphatic carbocycles. The molecule has 1 rings (SSSR count). The summed E-state index contributed by atoms with van der Waals surface area (Å²) in [6.45, 7) is 8.36. The molecule has 1 N–H and O–H groups in total. The molecule has 84 valence electrons. The average Bonchev–Trinajstić information content (AvgIpc) is 2.18. The molecule has 0 fully saturated rings. The predicted octanol–water partition coefficient (Wildman–Crippen LogP) is 3.27. The van der Waals surface area contributed by atoms with Crippen LogP contribution in [0.15, 0.2) is 23.4 Å². The summed E-state index contributed by atoms with van der Waals surface area (Å²) in [5.74, 6) is 0.610. The lowest BCUT2D eigenvalue weighted by Crippen LogP contribution is -2.07. The topological polar surface area (TPSA) is 33.1 Å². The maximum Gasteiger partial charge on any atom is 0.102 e. The van der Waals surface area contributed by atoms with E-state index in [1.165, 1.54) is 0 Å². The fraction of sp³-hybridized carbons (Fsp3) is 0.583. The molecule has 2 nitrogen and oxygen atoms in total. The highest BCUT2D eigenvalue weighted by Gasteiger charge is 2.14. The van der Waals surface area contributed by atoms with Crippen LogP contribution in [0, 0.1) is 5.92 Å². The van der Waals surface area contributed by atoms with Gasteiger partial charge in [-0.1, -0.05) is 26.8 Å². The Morgan fingerprint density at radius 3 is 2.47 bits per heavy atom. The Hall–Kier alpha value is -0.540. The van der Waals surface area contributed by atoms with Gasteiger partial charge in [-0.05, 0) is 18.9 Å². The largest absolute Gasteiger partial charge is 0.389 e. The Morgan fingerprint density at radius 2 is 1.93 bits per heavy atom. The molecule has 1 aromatic heterocycles. The number of hydrogen-bond donors (Lipinski definition) is 1. The van der Waals surface area contributed by atoms with Gasteiger partial charge in [0.1, 0.15) is 5.03 Å². The van der Waals surface area contributed by atoms with E-state index >= 15 is 0 Å². The smallest absolute Gasteiger partial charge is 0.102 e. The Labute approximate surface area is 96.1 Å². The summed E-state index contributed by atoms with van der Waals surface area (Å²) in [6.07, 6.45) is 1.34. The normalized spacial score (nSPS) is 15.3. The first-order valence-corrected chi connectivity index (χ1v) is 6.20. The van der Waals surface area contributed by atoms with Crippen molar-refractivity contribution < 1.29 is 5.11 Å². The van der Waals surface area contributed by atoms with E-state index in [2.05, 4.69) is 25.8 Å². The van der Waals surface area contributed by atoms with Crippen LogP contribution in [0.25, 0.3) is 0 Å². The fourth-order valence-electron chi connectivity index (χ4n) is 1.13. The van der Waals surface area contributed by atoms with Crippen molar-refractivity contribution in [1.82, 2.24) is 4.98 Å². The number of rotatable bonds is 4. The standard InChI is InChI=1S/C12H19NOS/c1-8(2)10(4)15-12-11(9(3)14)6-5-7-13-12/h5-10,14H,1-4H3. The fourth-order valence-corrected chi connectivity index (χ4v) is 2.25. The van der Waals surface area contributed by atoms with Crippen molar-refractivity contribution in [2.24, 2.45) is 5.92 Å². The van der Waals surface area contributed by atoms with Crippen molar-refractivity contribution in [3.63, 3.8) is 0 Å². The molecule has 1 aromatic rings. The number of pyridine rings is 1. The number of nitrogens with zero attached hydrogens (tertiary/aromatic N) is 1. The lowest BCUT2D eigenvalue weighted by atomic mass is 10.2. The van der Waals surface area contributed by atoms with Gasteiger partial charge in [0.05, 0.1) is 6.10 Å². The maximum atomic E-state index is 9.60. The molecule has 0 amide bonds. The van der Waals surface area contributed by atoms with Crippen molar-refractivity contribution in [3.8, 4) is 0 Å². The molecule has 0 radical (unpaired) electrons. The minimum absolute atomic E-state index is 0.444. The van der Waals surface area contributed by atoms with Crippen molar-refractivity contribution >= 4 is 11.8 Å². The van der Waals surface area contributed by atoms with Gasteiger partial charge in [0.2, 0.25) is 0 Å². The van der Waals surface area contributed by atoms with Crippen LogP contribution in [0.5, 0.6) is 0 Å². The van der Waals surface area contributed by atoms with Gasteiger partial charge in [-0.25, -0.2) is 4.98 Å². The third-order valence-electron chi connectivity index (χ3n) is 2.49. The molecule has 0 aromatic carbocycles. The monoisotopic (exact) mass is 225 g/mol. The van der Waals surface area contributed by atoms with E-state index < -0.39 is 6.10 Å². The van der Waals surface area contributed by atoms with Crippen LogP contribution >= 0.6 is 11.8 Å². The van der Waals surface area contributed by atoms with Gasteiger partial charge in [-0.15, -0.1) is 11.8 Å². The first-order valence-electron chi connectivity index (χ1n) is 5.32. The highest BCUT2D eigenvalue weighted by Crippen LogP contribution is 2.31. The minimum Gasteiger partial charge on any atom is -0.389 e. The third-order valence-corrected chi connectivity index (χ3v) is 3.97. The summed E-state index contributed by atoms with van der Waals surface area (Å²) >= 11 is 1.74. The van der Waals surface area contributed by atoms with E-state index in [4.69, 9.17) is 0 Å². The van der Waals surface area contributed by atoms with Crippen molar-refractivity contribution in [1.29, 1.82) is 0 Å². The van der Waals surface area contributed by atoms with Crippen LogP contribution in [0.4, 0.5) is 0 Å². The van der Waals surface area contributed by atoms with Crippen LogP contribution in [0.1, 0.15) is 39.4 Å². The van der Waals surface area contributed by atoms with Crippen LogP contribution in [-0.4, -0.2) is 15.3 Å². The summed E-state index contributed by atoms with van der Waals surface area (Å²) < 4.78 is 0. The summed E-state index contributed by atoms with van der Waals surface area (Å²) in [5, 5.41) is 11.1. The molecule has 15 heavy (non-hydrogen) atoms. The van der Waals surface area contributed by atoms with Gasteiger partial charge in [0, 0.05) is 17.0 Å². The lowest BCUT2D eigenvalue weighted by molar-refractivity contribution is 0.195. The Balaban J connectivity index is 2.84. The van der Waals surface area contributed by atoms with Gasteiger partial charge in [-0.3, -0.25) is 0 Å². The number of thioether (sulfide) groups is 1. The average molecular weight is 225 g/mol. The van der Waals surface area contributed by atoms with Crippen molar-refractivity contribution in [2.75, 3.05) is 0 Å². The second-order valence-electron chi connectivity index (χ2n) is 4.14. The number of aliphatic hydroxyl groups excluding tert-OH is 1. The zero-order valence-corrected chi connectivity index (χ0v) is 10.6. The van der Waals surface area contributed by atoms with E-state index in [0.29, 0.717) is 11.2 Å². The number of aromatic nitrogens is 1. The van der Waals surface area contributed by atoms with Gasteiger partial charge in [0.25, 0.3) is 0 Å². The summed E-state index contributed by atoms with van der Waals surface area (Å²) in [4.78, 5) is 4.33. The van der Waals surface area contributed by atoms with E-state index in [0.717, 1.165) is 10.6 Å². The molecule has 1 heterocycles. The Bertz CT molecular complexity index is 312. The van der Waals surface area contributed by atoms with E-state index in [1.807, 2.05) is 12.1 Å². The number of aliphatic hydroxyl groups is 1. The van der Waals surface area contributed by atoms with Gasteiger partial charge >= 0.3 is 0 Å². The third kappa shape index (κ3) is 3.50. The molecule has 3 heteroatoms. The van der Waals surface area contributed by atoms with Crippen LogP contribution in [-0.2, 0) is 0 Å². The van der Waals surface area contributed by atoms with E-state index in [1.54, 1.807) is 24.9 Å². The van der Waals surface area contributed by atoms with Crippen molar-refractivity contribution in [2.45, 2.75) is 44.1 Å².